The Morgan fingerprint density at radius 2 is 1.74 bits per heavy atom. The molecule has 0 amide bonds. The first-order chi connectivity index (χ1) is 9.19. The maximum absolute atomic E-state index is 5.23. The average Bonchev–Trinajstić information content (AvgIpc) is 2.43. The van der Waals surface area contributed by atoms with Gasteiger partial charge in [0.05, 0.1) is 7.11 Å². The smallest absolute Gasteiger partial charge is 0.119 e. The zero-order valence-electron chi connectivity index (χ0n) is 10.6. The maximum Gasteiger partial charge on any atom is 0.119 e. The summed E-state index contributed by atoms with van der Waals surface area (Å²) < 4.78 is 7.43. The predicted octanol–water partition coefficient (Wildman–Crippen LogP) is 4.51. The minimum absolute atomic E-state index is 0.799. The van der Waals surface area contributed by atoms with Crippen molar-refractivity contribution in [3.05, 3.63) is 62.5 Å². The second-order valence-corrected chi connectivity index (χ2v) is 5.96. The third kappa shape index (κ3) is 4.34. The molecule has 19 heavy (non-hydrogen) atoms. The van der Waals surface area contributed by atoms with Gasteiger partial charge in [-0.05, 0) is 41.5 Å². The van der Waals surface area contributed by atoms with E-state index in [0.29, 0.717) is 0 Å². The average molecular weight is 385 g/mol. The Balaban J connectivity index is 1.93. The lowest BCUT2D eigenvalue weighted by molar-refractivity contribution is 0.414. The highest BCUT2D eigenvalue weighted by atomic mass is 79.9. The highest BCUT2D eigenvalue weighted by Gasteiger charge is 2.02. The Bertz CT molecular complexity index is 540. The van der Waals surface area contributed by atoms with Crippen LogP contribution in [0, 0.1) is 0 Å². The molecule has 0 spiro atoms. The molecule has 2 rings (SSSR count). The van der Waals surface area contributed by atoms with E-state index in [1.807, 2.05) is 18.2 Å². The summed E-state index contributed by atoms with van der Waals surface area (Å²) in [6, 6.07) is 14.3. The van der Waals surface area contributed by atoms with Gasteiger partial charge < -0.3 is 10.1 Å². The van der Waals surface area contributed by atoms with E-state index in [4.69, 9.17) is 4.74 Å². The molecule has 0 aliphatic carbocycles. The number of hydrogen-bond donors (Lipinski definition) is 1. The second-order valence-electron chi connectivity index (χ2n) is 4.19. The van der Waals surface area contributed by atoms with E-state index < -0.39 is 0 Å². The van der Waals surface area contributed by atoms with Crippen LogP contribution in [0.15, 0.2) is 51.4 Å². The molecule has 0 saturated heterocycles. The largest absolute Gasteiger partial charge is 0.497 e. The fourth-order valence-electron chi connectivity index (χ4n) is 1.76. The summed E-state index contributed by atoms with van der Waals surface area (Å²) in [6.07, 6.45) is 0. The molecule has 0 atom stereocenters. The molecule has 100 valence electrons. The van der Waals surface area contributed by atoms with E-state index in [9.17, 15) is 0 Å². The van der Waals surface area contributed by atoms with E-state index in [-0.39, 0.29) is 0 Å². The van der Waals surface area contributed by atoms with E-state index in [1.165, 1.54) is 11.1 Å². The molecule has 1 N–H and O–H groups in total. The van der Waals surface area contributed by atoms with Gasteiger partial charge in [0, 0.05) is 22.0 Å². The van der Waals surface area contributed by atoms with Gasteiger partial charge in [-0.3, -0.25) is 0 Å². The second kappa shape index (κ2) is 7.08. The quantitative estimate of drug-likeness (QED) is 0.818. The van der Waals surface area contributed by atoms with Crippen LogP contribution in [0.25, 0.3) is 0 Å². The summed E-state index contributed by atoms with van der Waals surface area (Å²) in [4.78, 5) is 0. The molecule has 2 nitrogen and oxygen atoms in total. The topological polar surface area (TPSA) is 21.3 Å². The van der Waals surface area contributed by atoms with Crippen molar-refractivity contribution in [2.45, 2.75) is 13.1 Å². The molecule has 0 bridgehead atoms. The van der Waals surface area contributed by atoms with Crippen molar-refractivity contribution in [1.82, 2.24) is 5.32 Å². The van der Waals surface area contributed by atoms with Crippen LogP contribution in [0.5, 0.6) is 5.75 Å². The summed E-state index contributed by atoms with van der Waals surface area (Å²) in [5, 5.41) is 3.43. The Kier molecular flexibility index (Phi) is 5.43. The van der Waals surface area contributed by atoms with Crippen molar-refractivity contribution in [3.8, 4) is 5.75 Å². The van der Waals surface area contributed by atoms with Crippen LogP contribution < -0.4 is 10.1 Å². The van der Waals surface area contributed by atoms with Gasteiger partial charge in [-0.25, -0.2) is 0 Å². The van der Waals surface area contributed by atoms with Gasteiger partial charge in [0.25, 0.3) is 0 Å². The number of hydrogen-bond acceptors (Lipinski definition) is 2. The lowest BCUT2D eigenvalue weighted by atomic mass is 10.2. The van der Waals surface area contributed by atoms with E-state index in [2.05, 4.69) is 61.4 Å². The monoisotopic (exact) mass is 383 g/mol. The summed E-state index contributed by atoms with van der Waals surface area (Å²) in [5.74, 6) is 0.878. The van der Waals surface area contributed by atoms with Crippen LogP contribution in [0.2, 0.25) is 0 Å². The van der Waals surface area contributed by atoms with Crippen molar-refractivity contribution >= 4 is 31.9 Å². The molecule has 0 fully saturated rings. The summed E-state index contributed by atoms with van der Waals surface area (Å²) in [5.41, 5.74) is 2.46. The zero-order chi connectivity index (χ0) is 13.7. The highest BCUT2D eigenvalue weighted by molar-refractivity contribution is 9.10. The number of rotatable bonds is 5. The number of benzene rings is 2. The molecule has 4 heteroatoms. The van der Waals surface area contributed by atoms with Crippen LogP contribution in [-0.2, 0) is 13.1 Å². The molecule has 0 aliphatic rings. The zero-order valence-corrected chi connectivity index (χ0v) is 13.8. The Morgan fingerprint density at radius 1 is 1.00 bits per heavy atom. The van der Waals surface area contributed by atoms with Crippen molar-refractivity contribution in [2.75, 3.05) is 7.11 Å². The van der Waals surface area contributed by atoms with Gasteiger partial charge in [-0.1, -0.05) is 44.0 Å². The molecule has 0 aliphatic heterocycles. The summed E-state index contributed by atoms with van der Waals surface area (Å²) >= 11 is 6.99. The van der Waals surface area contributed by atoms with E-state index >= 15 is 0 Å². The van der Waals surface area contributed by atoms with Gasteiger partial charge in [-0.2, -0.15) is 0 Å². The van der Waals surface area contributed by atoms with Crippen LogP contribution in [0.1, 0.15) is 11.1 Å². The van der Waals surface area contributed by atoms with Crippen molar-refractivity contribution < 1.29 is 4.74 Å². The van der Waals surface area contributed by atoms with Crippen molar-refractivity contribution in [3.63, 3.8) is 0 Å². The fraction of sp³-hybridized carbons (Fsp3) is 0.200. The van der Waals surface area contributed by atoms with Crippen molar-refractivity contribution in [1.29, 1.82) is 0 Å². The fourth-order valence-corrected chi connectivity index (χ4v) is 2.41. The molecule has 0 saturated carbocycles. The Labute approximate surface area is 130 Å². The molecule has 0 radical (unpaired) electrons. The first-order valence-corrected chi connectivity index (χ1v) is 7.55. The predicted molar refractivity (Wildman–Crippen MR) is 85.4 cm³/mol. The molecule has 0 unspecified atom stereocenters. The molecule has 2 aromatic carbocycles. The third-order valence-corrected chi connectivity index (χ3v) is 4.11. The number of halogens is 2. The van der Waals surface area contributed by atoms with Gasteiger partial charge in [0.1, 0.15) is 5.75 Å². The lowest BCUT2D eigenvalue weighted by Gasteiger charge is -2.09. The minimum Gasteiger partial charge on any atom is -0.497 e. The van der Waals surface area contributed by atoms with Crippen LogP contribution in [0.4, 0.5) is 0 Å². The van der Waals surface area contributed by atoms with E-state index in [0.717, 1.165) is 27.8 Å². The minimum atomic E-state index is 0.799. The molecular weight excluding hydrogens is 370 g/mol. The number of ether oxygens (including phenoxy) is 1. The highest BCUT2D eigenvalue weighted by Crippen LogP contribution is 2.22. The maximum atomic E-state index is 5.23. The summed E-state index contributed by atoms with van der Waals surface area (Å²) in [6.45, 7) is 1.64. The van der Waals surface area contributed by atoms with Gasteiger partial charge >= 0.3 is 0 Å². The molecule has 0 aromatic heterocycles. The lowest BCUT2D eigenvalue weighted by Crippen LogP contribution is -2.13. The normalized spacial score (nSPS) is 10.5. The van der Waals surface area contributed by atoms with Crippen LogP contribution >= 0.6 is 31.9 Å². The number of methoxy groups -OCH3 is 1. The van der Waals surface area contributed by atoms with Gasteiger partial charge in [-0.15, -0.1) is 0 Å². The van der Waals surface area contributed by atoms with Crippen molar-refractivity contribution in [2.24, 2.45) is 0 Å². The third-order valence-electron chi connectivity index (χ3n) is 2.81. The van der Waals surface area contributed by atoms with Crippen LogP contribution in [-0.4, -0.2) is 7.11 Å². The van der Waals surface area contributed by atoms with Gasteiger partial charge in [0.15, 0.2) is 0 Å². The van der Waals surface area contributed by atoms with Gasteiger partial charge in [0.2, 0.25) is 0 Å². The van der Waals surface area contributed by atoms with Crippen LogP contribution in [0.3, 0.4) is 0 Å². The Hall–Kier alpha value is -0.840. The standard InChI is InChI=1S/C15H15Br2NO/c1-19-14-6-7-15(17)12(8-14)10-18-9-11-2-4-13(16)5-3-11/h2-8,18H,9-10H2,1H3. The first-order valence-electron chi connectivity index (χ1n) is 5.96. The molecule has 2 aromatic rings. The Morgan fingerprint density at radius 3 is 2.42 bits per heavy atom. The summed E-state index contributed by atoms with van der Waals surface area (Å²) in [7, 11) is 1.68. The molecule has 0 heterocycles. The first kappa shape index (κ1) is 14.6. The van der Waals surface area contributed by atoms with E-state index in [1.54, 1.807) is 7.11 Å². The molecular formula is C15H15Br2NO. The SMILES string of the molecule is COc1ccc(Br)c(CNCc2ccc(Br)cc2)c1. The number of nitrogens with one attached hydrogen (secondary N) is 1.